The maximum Gasteiger partial charge on any atom is 0.270 e. The van der Waals surface area contributed by atoms with Gasteiger partial charge in [-0.25, -0.2) is 0 Å². The van der Waals surface area contributed by atoms with Crippen molar-refractivity contribution in [1.29, 1.82) is 0 Å². The smallest absolute Gasteiger partial charge is 0.270 e. The van der Waals surface area contributed by atoms with Crippen LogP contribution in [0.15, 0.2) is 54.2 Å². The topological polar surface area (TPSA) is 67.9 Å². The van der Waals surface area contributed by atoms with Gasteiger partial charge in [0, 0.05) is 24.2 Å². The minimum Gasteiger partial charge on any atom is -0.496 e. The van der Waals surface area contributed by atoms with Gasteiger partial charge in [0.2, 0.25) is 0 Å². The van der Waals surface area contributed by atoms with Gasteiger partial charge in [-0.05, 0) is 31.2 Å². The van der Waals surface area contributed by atoms with Crippen molar-refractivity contribution < 1.29 is 19.1 Å². The van der Waals surface area contributed by atoms with Gasteiger partial charge in [-0.15, -0.1) is 0 Å². The van der Waals surface area contributed by atoms with Gasteiger partial charge in [-0.3, -0.25) is 9.59 Å². The number of aryl methyl sites for hydroxylation is 1. The second-order valence-corrected chi connectivity index (χ2v) is 6.52. The third kappa shape index (κ3) is 4.78. The SMILES string of the molecule is COc1ccccc1/C=C(/NC(=O)c1ccc(C)cc1)C(=O)N1CCOCC1. The third-order valence-corrected chi connectivity index (χ3v) is 4.53. The number of nitrogens with zero attached hydrogens (tertiary/aromatic N) is 1. The molecular weight excluding hydrogens is 356 g/mol. The van der Waals surface area contributed by atoms with E-state index in [2.05, 4.69) is 5.32 Å². The molecular formula is C22H24N2O4. The largest absolute Gasteiger partial charge is 0.496 e. The Morgan fingerprint density at radius 3 is 2.43 bits per heavy atom. The highest BCUT2D eigenvalue weighted by Gasteiger charge is 2.23. The van der Waals surface area contributed by atoms with E-state index >= 15 is 0 Å². The van der Waals surface area contributed by atoms with Gasteiger partial charge >= 0.3 is 0 Å². The zero-order valence-corrected chi connectivity index (χ0v) is 16.1. The predicted octanol–water partition coefficient (Wildman–Crippen LogP) is 2.63. The van der Waals surface area contributed by atoms with Gasteiger partial charge in [-0.2, -0.15) is 0 Å². The molecule has 3 rings (SSSR count). The Balaban J connectivity index is 1.91. The number of hydrogen-bond donors (Lipinski definition) is 1. The molecule has 0 aliphatic carbocycles. The van der Waals surface area contributed by atoms with Crippen molar-refractivity contribution in [2.75, 3.05) is 33.4 Å². The first kappa shape index (κ1) is 19.6. The lowest BCUT2D eigenvalue weighted by molar-refractivity contribution is -0.131. The summed E-state index contributed by atoms with van der Waals surface area (Å²) in [5, 5.41) is 2.78. The molecule has 1 heterocycles. The van der Waals surface area contributed by atoms with Gasteiger partial charge < -0.3 is 19.7 Å². The number of benzene rings is 2. The fourth-order valence-corrected chi connectivity index (χ4v) is 2.93. The molecule has 28 heavy (non-hydrogen) atoms. The van der Waals surface area contributed by atoms with Crippen molar-refractivity contribution in [2.24, 2.45) is 0 Å². The molecule has 0 radical (unpaired) electrons. The number of methoxy groups -OCH3 is 1. The standard InChI is InChI=1S/C22H24N2O4/c1-16-7-9-17(10-8-16)21(25)23-19(22(26)24-11-13-28-14-12-24)15-18-5-3-4-6-20(18)27-2/h3-10,15H,11-14H2,1-2H3,(H,23,25)/b19-15+. The van der Waals surface area contributed by atoms with Gasteiger partial charge in [0.15, 0.2) is 0 Å². The molecule has 1 saturated heterocycles. The Hall–Kier alpha value is -3.12. The van der Waals surface area contributed by atoms with Crippen LogP contribution in [0.1, 0.15) is 21.5 Å². The summed E-state index contributed by atoms with van der Waals surface area (Å²) in [7, 11) is 1.57. The van der Waals surface area contributed by atoms with Crippen LogP contribution >= 0.6 is 0 Å². The highest BCUT2D eigenvalue weighted by molar-refractivity contribution is 6.05. The number of morpholine rings is 1. The molecule has 0 bridgehead atoms. The first-order valence-corrected chi connectivity index (χ1v) is 9.18. The average molecular weight is 380 g/mol. The van der Waals surface area contributed by atoms with Gasteiger partial charge in [0.25, 0.3) is 11.8 Å². The van der Waals surface area contributed by atoms with Crippen molar-refractivity contribution in [2.45, 2.75) is 6.92 Å². The average Bonchev–Trinajstić information content (AvgIpc) is 2.74. The molecule has 1 fully saturated rings. The highest BCUT2D eigenvalue weighted by atomic mass is 16.5. The fourth-order valence-electron chi connectivity index (χ4n) is 2.93. The summed E-state index contributed by atoms with van der Waals surface area (Å²) in [5.74, 6) is 0.0526. The Labute approximate surface area is 164 Å². The van der Waals surface area contributed by atoms with Gasteiger partial charge in [0.1, 0.15) is 11.4 Å². The summed E-state index contributed by atoms with van der Waals surface area (Å²) in [6.07, 6.45) is 1.66. The Morgan fingerprint density at radius 1 is 1.07 bits per heavy atom. The Morgan fingerprint density at radius 2 is 1.75 bits per heavy atom. The zero-order valence-electron chi connectivity index (χ0n) is 16.1. The van der Waals surface area contributed by atoms with Crippen LogP contribution in [0.2, 0.25) is 0 Å². The number of amides is 2. The molecule has 6 heteroatoms. The molecule has 1 aliphatic rings. The number of rotatable bonds is 5. The number of para-hydroxylation sites is 1. The van der Waals surface area contributed by atoms with E-state index in [1.807, 2.05) is 43.3 Å². The summed E-state index contributed by atoms with van der Waals surface area (Å²) in [6, 6.07) is 14.6. The minimum absolute atomic E-state index is 0.206. The summed E-state index contributed by atoms with van der Waals surface area (Å²) in [6.45, 7) is 3.90. The summed E-state index contributed by atoms with van der Waals surface area (Å²) < 4.78 is 10.7. The van der Waals surface area contributed by atoms with Crippen LogP contribution in [0.3, 0.4) is 0 Å². The van der Waals surface area contributed by atoms with Gasteiger partial charge in [0.05, 0.1) is 20.3 Å². The van der Waals surface area contributed by atoms with E-state index in [1.54, 1.807) is 30.2 Å². The number of carbonyl (C=O) groups excluding carboxylic acids is 2. The fraction of sp³-hybridized carbons (Fsp3) is 0.273. The molecule has 1 aliphatic heterocycles. The molecule has 6 nitrogen and oxygen atoms in total. The van der Waals surface area contributed by atoms with Crippen LogP contribution in [0.4, 0.5) is 0 Å². The van der Waals surface area contributed by atoms with E-state index in [-0.39, 0.29) is 17.5 Å². The molecule has 146 valence electrons. The Bertz CT molecular complexity index is 868. The first-order chi connectivity index (χ1) is 13.6. The van der Waals surface area contributed by atoms with Crippen molar-refractivity contribution >= 4 is 17.9 Å². The monoisotopic (exact) mass is 380 g/mol. The third-order valence-electron chi connectivity index (χ3n) is 4.53. The number of nitrogens with one attached hydrogen (secondary N) is 1. The molecule has 2 amide bonds. The maximum absolute atomic E-state index is 13.1. The molecule has 0 unspecified atom stereocenters. The first-order valence-electron chi connectivity index (χ1n) is 9.18. The van der Waals surface area contributed by atoms with E-state index < -0.39 is 0 Å². The number of ether oxygens (including phenoxy) is 2. The van der Waals surface area contributed by atoms with E-state index in [0.29, 0.717) is 43.2 Å². The second kappa shape index (κ2) is 9.19. The quantitative estimate of drug-likeness (QED) is 0.810. The van der Waals surface area contributed by atoms with Crippen LogP contribution < -0.4 is 10.1 Å². The summed E-state index contributed by atoms with van der Waals surface area (Å²) in [5.41, 5.74) is 2.47. The van der Waals surface area contributed by atoms with E-state index in [0.717, 1.165) is 5.56 Å². The van der Waals surface area contributed by atoms with Crippen LogP contribution in [0.5, 0.6) is 5.75 Å². The Kier molecular flexibility index (Phi) is 6.45. The number of hydrogen-bond acceptors (Lipinski definition) is 4. The van der Waals surface area contributed by atoms with Crippen LogP contribution in [-0.2, 0) is 9.53 Å². The molecule has 0 spiro atoms. The highest BCUT2D eigenvalue weighted by Crippen LogP contribution is 2.21. The lowest BCUT2D eigenvalue weighted by Crippen LogP contribution is -2.44. The van der Waals surface area contributed by atoms with Crippen LogP contribution in [0.25, 0.3) is 6.08 Å². The van der Waals surface area contributed by atoms with Crippen LogP contribution in [-0.4, -0.2) is 50.1 Å². The van der Waals surface area contributed by atoms with Gasteiger partial charge in [-0.1, -0.05) is 35.9 Å². The van der Waals surface area contributed by atoms with Crippen molar-refractivity contribution in [3.8, 4) is 5.75 Å². The van der Waals surface area contributed by atoms with E-state index in [1.165, 1.54) is 0 Å². The molecule has 0 saturated carbocycles. The summed E-state index contributed by atoms with van der Waals surface area (Å²) >= 11 is 0. The van der Waals surface area contributed by atoms with E-state index in [4.69, 9.17) is 9.47 Å². The number of carbonyl (C=O) groups is 2. The predicted molar refractivity (Wildman–Crippen MR) is 107 cm³/mol. The lowest BCUT2D eigenvalue weighted by atomic mass is 10.1. The normalized spacial score (nSPS) is 14.5. The second-order valence-electron chi connectivity index (χ2n) is 6.52. The van der Waals surface area contributed by atoms with Crippen molar-refractivity contribution in [3.05, 3.63) is 70.9 Å². The van der Waals surface area contributed by atoms with Crippen molar-refractivity contribution in [1.82, 2.24) is 10.2 Å². The molecule has 1 N–H and O–H groups in total. The lowest BCUT2D eigenvalue weighted by Gasteiger charge is -2.28. The van der Waals surface area contributed by atoms with Crippen LogP contribution in [0, 0.1) is 6.92 Å². The minimum atomic E-state index is -0.331. The molecule has 0 atom stereocenters. The molecule has 2 aromatic rings. The van der Waals surface area contributed by atoms with Crippen molar-refractivity contribution in [3.63, 3.8) is 0 Å². The molecule has 2 aromatic carbocycles. The van der Waals surface area contributed by atoms with E-state index in [9.17, 15) is 9.59 Å². The summed E-state index contributed by atoms with van der Waals surface area (Å²) in [4.78, 5) is 27.5. The molecule has 0 aromatic heterocycles. The zero-order chi connectivity index (χ0) is 19.9. The maximum atomic E-state index is 13.1.